The molecule has 0 bridgehead atoms. The van der Waals surface area contributed by atoms with Crippen molar-refractivity contribution >= 4 is 46.3 Å². The van der Waals surface area contributed by atoms with Crippen LogP contribution in [-0.2, 0) is 19.3 Å². The number of hydrogen-bond donors (Lipinski definition) is 0. The minimum absolute atomic E-state index is 0.0790. The molecule has 0 spiro atoms. The van der Waals surface area contributed by atoms with E-state index in [2.05, 4.69) is 30.4 Å². The van der Waals surface area contributed by atoms with E-state index in [1.807, 2.05) is 0 Å². The van der Waals surface area contributed by atoms with Gasteiger partial charge in [0.1, 0.15) is 24.7 Å². The summed E-state index contributed by atoms with van der Waals surface area (Å²) in [4.78, 5) is 81.1. The second-order valence-electron chi connectivity index (χ2n) is 16.8. The molecule has 0 unspecified atom stereocenters. The first kappa shape index (κ1) is 51.5. The van der Waals surface area contributed by atoms with Crippen molar-refractivity contribution < 1.29 is 48.5 Å². The lowest BCUT2D eigenvalue weighted by atomic mass is 9.79. The van der Waals surface area contributed by atoms with Crippen LogP contribution in [0.3, 0.4) is 0 Å². The molecule has 0 saturated carbocycles. The van der Waals surface area contributed by atoms with E-state index in [-0.39, 0.29) is 35.6 Å². The van der Waals surface area contributed by atoms with Crippen molar-refractivity contribution in [2.24, 2.45) is 10.8 Å². The highest BCUT2D eigenvalue weighted by molar-refractivity contribution is 6.31. The molecule has 0 N–H and O–H groups in total. The maximum atomic E-state index is 13.1. The lowest BCUT2D eigenvalue weighted by Gasteiger charge is -2.33. The van der Waals surface area contributed by atoms with Crippen LogP contribution >= 0.6 is 23.2 Å². The Morgan fingerprint density at radius 2 is 0.873 bits per heavy atom. The summed E-state index contributed by atoms with van der Waals surface area (Å²) in [6, 6.07) is 26.3. The zero-order valence-electron chi connectivity index (χ0n) is 36.7. The summed E-state index contributed by atoms with van der Waals surface area (Å²) in [6.45, 7) is 13.6. The number of benzene rings is 4. The van der Waals surface area contributed by atoms with Gasteiger partial charge in [0.2, 0.25) is 0 Å². The van der Waals surface area contributed by atoms with Crippen LogP contribution in [0.5, 0.6) is 11.5 Å². The van der Waals surface area contributed by atoms with Crippen LogP contribution in [0.4, 0.5) is 0 Å². The maximum absolute atomic E-state index is 13.1. The maximum Gasteiger partial charge on any atom is 0.294 e. The van der Waals surface area contributed by atoms with Gasteiger partial charge < -0.3 is 19.1 Å². The monoisotopic (exact) mass is 908 g/mol. The molecule has 0 aliphatic rings. The summed E-state index contributed by atoms with van der Waals surface area (Å²) in [5.41, 5.74) is -1.47. The molecule has 0 aliphatic heterocycles. The third-order valence-corrected chi connectivity index (χ3v) is 11.3. The van der Waals surface area contributed by atoms with Crippen molar-refractivity contribution in [3.05, 3.63) is 150 Å². The molecule has 0 saturated heterocycles. The molecule has 0 aromatic heterocycles. The second-order valence-corrected chi connectivity index (χ2v) is 17.7. The minimum atomic E-state index is -1.40. The van der Waals surface area contributed by atoms with Crippen LogP contribution in [0.2, 0.25) is 10.0 Å². The summed E-state index contributed by atoms with van der Waals surface area (Å²) in [6.07, 6.45) is 2.17. The summed E-state index contributed by atoms with van der Waals surface area (Å²) in [5.74, 6) is 0.185. The van der Waals surface area contributed by atoms with Gasteiger partial charge in [0, 0.05) is 50.6 Å². The molecule has 0 heterocycles. The Morgan fingerprint density at radius 1 is 0.540 bits per heavy atom. The Morgan fingerprint density at radius 3 is 1.19 bits per heavy atom. The number of ether oxygens (including phenoxy) is 2. The average Bonchev–Trinajstić information content (AvgIpc) is 3.24. The third-order valence-electron chi connectivity index (χ3n) is 10.8. The number of carbonyl (C=O) groups excluding carboxylic acids is 4. The molecule has 0 fully saturated rings. The van der Waals surface area contributed by atoms with E-state index >= 15 is 0 Å². The lowest BCUT2D eigenvalue weighted by Crippen LogP contribution is -2.44. The molecule has 0 atom stereocenters. The van der Waals surface area contributed by atoms with Crippen LogP contribution in [0.25, 0.3) is 0 Å². The zero-order valence-corrected chi connectivity index (χ0v) is 38.2. The fraction of sp³-hybridized carbons (Fsp3) is 0.404. The van der Waals surface area contributed by atoms with Gasteiger partial charge >= 0.3 is 0 Å². The Bertz CT molecular complexity index is 2190. The van der Waals surface area contributed by atoms with E-state index < -0.39 is 45.8 Å². The number of Topliss-reactive ketones (excluding diaryl/α,β-unsaturated/α-hetero) is 2. The number of carbonyl (C=O) groups is 4. The number of nitrogens with zero attached hydrogens (tertiary/aromatic N) is 2. The van der Waals surface area contributed by atoms with Crippen LogP contribution in [0.1, 0.15) is 119 Å². The van der Waals surface area contributed by atoms with Crippen LogP contribution < -0.4 is 9.47 Å². The predicted molar refractivity (Wildman–Crippen MR) is 239 cm³/mol. The number of hydrogen-bond acceptors (Lipinski definition) is 12. The molecule has 63 heavy (non-hydrogen) atoms. The smallest absolute Gasteiger partial charge is 0.294 e. The van der Waals surface area contributed by atoms with Gasteiger partial charge in [-0.3, -0.25) is 19.2 Å². The van der Waals surface area contributed by atoms with E-state index in [0.29, 0.717) is 50.2 Å². The van der Waals surface area contributed by atoms with E-state index in [0.717, 1.165) is 12.8 Å². The molecule has 0 amide bonds. The fourth-order valence-corrected chi connectivity index (χ4v) is 6.17. The third kappa shape index (κ3) is 16.1. The van der Waals surface area contributed by atoms with Crippen molar-refractivity contribution in [2.75, 3.05) is 13.2 Å². The minimum Gasteiger partial charge on any atom is -0.480 e. The van der Waals surface area contributed by atoms with Gasteiger partial charge in [-0.05, 0) is 143 Å². The molecule has 4 aromatic rings. The summed E-state index contributed by atoms with van der Waals surface area (Å²) >= 11 is 11.7. The zero-order chi connectivity index (χ0) is 47.2. The highest BCUT2D eigenvalue weighted by Crippen LogP contribution is 2.33. The molecule has 4 rings (SSSR count). The Balaban J connectivity index is 0.000000344. The molecule has 0 aliphatic carbocycles. The first-order valence-electron chi connectivity index (χ1n) is 20.2. The van der Waals surface area contributed by atoms with Crippen molar-refractivity contribution in [1.82, 2.24) is 0 Å². The molecule has 14 nitrogen and oxygen atoms in total. The summed E-state index contributed by atoms with van der Waals surface area (Å²) in [7, 11) is 0. The molecular weight excluding hydrogens is 855 g/mol. The Kier molecular flexibility index (Phi) is 18.4. The van der Waals surface area contributed by atoms with E-state index in [1.54, 1.807) is 106 Å². The molecule has 16 heteroatoms. The first-order chi connectivity index (χ1) is 29.4. The van der Waals surface area contributed by atoms with Crippen LogP contribution in [0.15, 0.2) is 97.1 Å². The topological polar surface area (TPSA) is 191 Å². The normalized spacial score (nSPS) is 11.7. The van der Waals surface area contributed by atoms with E-state index in [9.17, 15) is 39.4 Å². The highest BCUT2D eigenvalue weighted by Gasteiger charge is 2.40. The SMILES string of the molecule is CCC(C)(C)CCC(=O)C(C)(C)Oc1ccc(C(=O)c2ccc(Cl)cc2)cc1.CCC(CO[N+](=O)[O-])(CO[N+](=O)[O-])CC(=O)C(C)(C)Oc1ccc(C(=O)c2ccc(Cl)cc2)cc1. The van der Waals surface area contributed by atoms with E-state index in [4.69, 9.17) is 32.7 Å². The van der Waals surface area contributed by atoms with Crippen LogP contribution in [0, 0.1) is 31.1 Å². The van der Waals surface area contributed by atoms with Gasteiger partial charge in [0.05, 0.1) is 0 Å². The Labute approximate surface area is 377 Å². The predicted octanol–water partition coefficient (Wildman–Crippen LogP) is 11.0. The van der Waals surface area contributed by atoms with Crippen molar-refractivity contribution in [1.29, 1.82) is 0 Å². The quantitative estimate of drug-likeness (QED) is 0.0389. The van der Waals surface area contributed by atoms with Gasteiger partial charge in [-0.25, -0.2) is 0 Å². The van der Waals surface area contributed by atoms with Crippen molar-refractivity contribution in [3.63, 3.8) is 0 Å². The molecule has 0 radical (unpaired) electrons. The fourth-order valence-electron chi connectivity index (χ4n) is 5.92. The number of rotatable bonds is 23. The van der Waals surface area contributed by atoms with Crippen LogP contribution in [-0.4, -0.2) is 57.7 Å². The lowest BCUT2D eigenvalue weighted by molar-refractivity contribution is -0.772. The average molecular weight is 910 g/mol. The van der Waals surface area contributed by atoms with Gasteiger partial charge in [-0.15, -0.1) is 20.2 Å². The number of halogens is 2. The van der Waals surface area contributed by atoms with Gasteiger partial charge in [-0.1, -0.05) is 57.3 Å². The molecule has 4 aromatic carbocycles. The van der Waals surface area contributed by atoms with Crippen molar-refractivity contribution in [2.45, 2.75) is 98.7 Å². The highest BCUT2D eigenvalue weighted by atomic mass is 35.5. The van der Waals surface area contributed by atoms with Crippen molar-refractivity contribution in [3.8, 4) is 11.5 Å². The summed E-state index contributed by atoms with van der Waals surface area (Å²) in [5, 5.41) is 20.4. The van der Waals surface area contributed by atoms with Gasteiger partial charge in [0.25, 0.3) is 10.2 Å². The van der Waals surface area contributed by atoms with Gasteiger partial charge in [-0.2, -0.15) is 0 Å². The largest absolute Gasteiger partial charge is 0.480 e. The molecular formula is C47H54Cl2N2O12. The number of ketones is 4. The molecule has 338 valence electrons. The standard InChI is InChI=1S/C24H29ClO3.C23H25ClN2O9/c1-6-23(2,3)16-15-21(26)24(4,5)28-20-13-9-18(10-14-20)22(27)17-7-11-19(25)12-8-17;1-4-23(14-33-25(29)30,15-34-26(31)32)13-20(27)22(2,3)35-19-11-7-17(8-12-19)21(28)16-5-9-18(24)10-6-16/h7-14H,6,15-16H2,1-5H3;5-12H,4,13-15H2,1-3H3. The van der Waals surface area contributed by atoms with E-state index in [1.165, 1.54) is 26.0 Å². The first-order valence-corrected chi connectivity index (χ1v) is 21.0. The van der Waals surface area contributed by atoms with Gasteiger partial charge in [0.15, 0.2) is 34.3 Å². The summed E-state index contributed by atoms with van der Waals surface area (Å²) < 4.78 is 11.8. The Hall–Kier alpha value is -5.86. The second kappa shape index (κ2) is 22.5.